The normalized spacial score (nSPS) is 28.5. The van der Waals surface area contributed by atoms with E-state index >= 15 is 0 Å². The highest BCUT2D eigenvalue weighted by Gasteiger charge is 2.31. The summed E-state index contributed by atoms with van der Waals surface area (Å²) in [5.74, 6) is 1.88. The van der Waals surface area contributed by atoms with Gasteiger partial charge in [-0.15, -0.1) is 0 Å². The number of carbonyl (C=O) groups excluding carboxylic acids is 1. The van der Waals surface area contributed by atoms with Gasteiger partial charge in [-0.25, -0.2) is 0 Å². The van der Waals surface area contributed by atoms with Crippen LogP contribution in [0.15, 0.2) is 24.3 Å². The van der Waals surface area contributed by atoms with Gasteiger partial charge in [-0.3, -0.25) is 4.79 Å². The second-order valence-electron chi connectivity index (χ2n) is 6.62. The molecule has 0 spiro atoms. The zero-order chi connectivity index (χ0) is 14.7. The van der Waals surface area contributed by atoms with Gasteiger partial charge in [-0.05, 0) is 49.3 Å². The molecule has 0 heterocycles. The van der Waals surface area contributed by atoms with Crippen molar-refractivity contribution in [3.63, 3.8) is 0 Å². The van der Waals surface area contributed by atoms with Crippen LogP contribution in [0.2, 0.25) is 0 Å². The molecule has 3 atom stereocenters. The maximum Gasteiger partial charge on any atom is 0.251 e. The van der Waals surface area contributed by atoms with Gasteiger partial charge in [0.25, 0.3) is 5.91 Å². The molecule has 3 nitrogen and oxygen atoms in total. The molecule has 114 valence electrons. The summed E-state index contributed by atoms with van der Waals surface area (Å²) in [5.41, 5.74) is 1.81. The van der Waals surface area contributed by atoms with Crippen molar-refractivity contribution in [2.24, 2.45) is 11.8 Å². The number of fused-ring (bicyclic) bond motifs is 1. The Kier molecular flexibility index (Phi) is 4.47. The monoisotopic (exact) mass is 286 g/mol. The van der Waals surface area contributed by atoms with Gasteiger partial charge >= 0.3 is 0 Å². The molecule has 3 unspecified atom stereocenters. The van der Waals surface area contributed by atoms with Gasteiger partial charge in [0.15, 0.2) is 0 Å². The second-order valence-corrected chi connectivity index (χ2v) is 6.62. The molecular weight excluding hydrogens is 260 g/mol. The molecule has 3 heteroatoms. The third kappa shape index (κ3) is 3.39. The van der Waals surface area contributed by atoms with Gasteiger partial charge in [0, 0.05) is 24.3 Å². The maximum absolute atomic E-state index is 11.7. The van der Waals surface area contributed by atoms with Crippen LogP contribution >= 0.6 is 0 Å². The van der Waals surface area contributed by atoms with Crippen LogP contribution in [0.3, 0.4) is 0 Å². The third-order valence-electron chi connectivity index (χ3n) is 5.26. The molecule has 2 saturated carbocycles. The molecule has 3 rings (SSSR count). The topological polar surface area (TPSA) is 41.1 Å². The first-order chi connectivity index (χ1) is 10.3. The number of anilines is 1. The van der Waals surface area contributed by atoms with E-state index in [0.29, 0.717) is 6.04 Å². The van der Waals surface area contributed by atoms with E-state index in [1.165, 1.54) is 44.9 Å². The Bertz CT molecular complexity index is 500. The summed E-state index contributed by atoms with van der Waals surface area (Å²) in [6, 6.07) is 8.43. The Morgan fingerprint density at radius 3 is 2.71 bits per heavy atom. The van der Waals surface area contributed by atoms with E-state index in [0.717, 1.165) is 23.1 Å². The molecule has 2 N–H and O–H groups in total. The van der Waals surface area contributed by atoms with Crippen molar-refractivity contribution < 1.29 is 4.79 Å². The van der Waals surface area contributed by atoms with Gasteiger partial charge in [0.05, 0.1) is 0 Å². The van der Waals surface area contributed by atoms with E-state index in [4.69, 9.17) is 0 Å². The zero-order valence-corrected chi connectivity index (χ0v) is 12.9. The minimum atomic E-state index is -0.0189. The molecule has 0 bridgehead atoms. The van der Waals surface area contributed by atoms with Gasteiger partial charge in [-0.2, -0.15) is 0 Å². The van der Waals surface area contributed by atoms with Gasteiger partial charge in [-0.1, -0.05) is 31.7 Å². The number of benzene rings is 1. The largest absolute Gasteiger partial charge is 0.382 e. The average Bonchev–Trinajstić information content (AvgIpc) is 2.54. The molecule has 2 aliphatic carbocycles. The quantitative estimate of drug-likeness (QED) is 0.887. The highest BCUT2D eigenvalue weighted by atomic mass is 16.1. The molecule has 0 aromatic heterocycles. The summed E-state index contributed by atoms with van der Waals surface area (Å²) in [4.78, 5) is 11.7. The molecule has 0 radical (unpaired) electrons. The van der Waals surface area contributed by atoms with E-state index in [2.05, 4.69) is 16.7 Å². The number of rotatable bonds is 3. The van der Waals surface area contributed by atoms with E-state index in [9.17, 15) is 4.79 Å². The van der Waals surface area contributed by atoms with Crippen molar-refractivity contribution in [1.29, 1.82) is 0 Å². The van der Waals surface area contributed by atoms with Crippen LogP contribution in [0.25, 0.3) is 0 Å². The Balaban J connectivity index is 1.62. The Morgan fingerprint density at radius 1 is 1.10 bits per heavy atom. The van der Waals surface area contributed by atoms with Gasteiger partial charge in [0.1, 0.15) is 0 Å². The predicted molar refractivity (Wildman–Crippen MR) is 86.5 cm³/mol. The van der Waals surface area contributed by atoms with E-state index in [1.54, 1.807) is 7.05 Å². The van der Waals surface area contributed by atoms with Gasteiger partial charge in [0.2, 0.25) is 0 Å². The number of carbonyl (C=O) groups is 1. The lowest BCUT2D eigenvalue weighted by atomic mass is 9.69. The maximum atomic E-state index is 11.7. The van der Waals surface area contributed by atoms with Crippen LogP contribution < -0.4 is 10.6 Å². The lowest BCUT2D eigenvalue weighted by Gasteiger charge is -2.39. The van der Waals surface area contributed by atoms with Crippen molar-refractivity contribution in [1.82, 2.24) is 5.32 Å². The number of hydrogen-bond donors (Lipinski definition) is 2. The van der Waals surface area contributed by atoms with Crippen molar-refractivity contribution >= 4 is 11.6 Å². The summed E-state index contributed by atoms with van der Waals surface area (Å²) in [6.45, 7) is 0. The lowest BCUT2D eigenvalue weighted by Crippen LogP contribution is -2.34. The summed E-state index contributed by atoms with van der Waals surface area (Å²) >= 11 is 0. The van der Waals surface area contributed by atoms with Crippen LogP contribution in [0.5, 0.6) is 0 Å². The molecular formula is C18H26N2O. The predicted octanol–water partition coefficient (Wildman–Crippen LogP) is 3.82. The van der Waals surface area contributed by atoms with Crippen LogP contribution in [0.4, 0.5) is 5.69 Å². The second kappa shape index (κ2) is 6.50. The molecule has 0 saturated heterocycles. The number of amides is 1. The number of nitrogens with one attached hydrogen (secondary N) is 2. The highest BCUT2D eigenvalue weighted by molar-refractivity contribution is 5.94. The zero-order valence-electron chi connectivity index (χ0n) is 12.9. The summed E-state index contributed by atoms with van der Waals surface area (Å²) in [7, 11) is 1.67. The van der Waals surface area contributed by atoms with Crippen LogP contribution in [0, 0.1) is 11.8 Å². The smallest absolute Gasteiger partial charge is 0.251 e. The number of hydrogen-bond acceptors (Lipinski definition) is 2. The summed E-state index contributed by atoms with van der Waals surface area (Å²) < 4.78 is 0. The summed E-state index contributed by atoms with van der Waals surface area (Å²) in [6.07, 6.45) is 9.66. The molecule has 1 amide bonds. The molecule has 0 aliphatic heterocycles. The first-order valence-corrected chi connectivity index (χ1v) is 8.35. The highest BCUT2D eigenvalue weighted by Crippen LogP contribution is 2.41. The molecule has 2 fully saturated rings. The van der Waals surface area contributed by atoms with E-state index < -0.39 is 0 Å². The fourth-order valence-electron chi connectivity index (χ4n) is 4.13. The first kappa shape index (κ1) is 14.4. The molecule has 21 heavy (non-hydrogen) atoms. The van der Waals surface area contributed by atoms with Gasteiger partial charge < -0.3 is 10.6 Å². The fraction of sp³-hybridized carbons (Fsp3) is 0.611. The Morgan fingerprint density at radius 2 is 1.90 bits per heavy atom. The Labute approximate surface area is 127 Å². The minimum absolute atomic E-state index is 0.0189. The van der Waals surface area contributed by atoms with Crippen LogP contribution in [-0.2, 0) is 0 Å². The third-order valence-corrected chi connectivity index (χ3v) is 5.26. The van der Waals surface area contributed by atoms with Crippen molar-refractivity contribution in [2.75, 3.05) is 12.4 Å². The molecule has 1 aromatic carbocycles. The molecule has 1 aromatic rings. The average molecular weight is 286 g/mol. The fourth-order valence-corrected chi connectivity index (χ4v) is 4.13. The molecule has 2 aliphatic rings. The van der Waals surface area contributed by atoms with Crippen molar-refractivity contribution in [3.8, 4) is 0 Å². The first-order valence-electron chi connectivity index (χ1n) is 8.35. The Hall–Kier alpha value is -1.51. The van der Waals surface area contributed by atoms with Crippen LogP contribution in [0.1, 0.15) is 55.3 Å². The minimum Gasteiger partial charge on any atom is -0.382 e. The van der Waals surface area contributed by atoms with E-state index in [1.807, 2.05) is 18.2 Å². The summed E-state index contributed by atoms with van der Waals surface area (Å²) in [5, 5.41) is 6.34. The van der Waals surface area contributed by atoms with Crippen molar-refractivity contribution in [2.45, 2.75) is 51.0 Å². The van der Waals surface area contributed by atoms with E-state index in [-0.39, 0.29) is 5.91 Å². The van der Waals surface area contributed by atoms with Crippen LogP contribution in [-0.4, -0.2) is 19.0 Å². The standard InChI is InChI=1S/C18H26N2O/c1-19-18(21)15-7-4-8-16(12-15)20-17-10-9-13-5-2-3-6-14(13)11-17/h4,7-8,12-14,17,20H,2-3,5-6,9-11H2,1H3,(H,19,21). The van der Waals surface area contributed by atoms with Crippen molar-refractivity contribution in [3.05, 3.63) is 29.8 Å². The SMILES string of the molecule is CNC(=O)c1cccc(NC2CCC3CCCCC3C2)c1. The lowest BCUT2D eigenvalue weighted by molar-refractivity contribution is 0.0963.